The SMILES string of the molecule is CCC(COC)C(COC)CC(C)C. The zero-order valence-electron chi connectivity index (χ0n) is 10.4. The molecule has 0 N–H and O–H groups in total. The Bertz CT molecular complexity index is 123. The molecule has 14 heavy (non-hydrogen) atoms. The van der Waals surface area contributed by atoms with Crippen molar-refractivity contribution in [1.82, 2.24) is 0 Å². The molecular formula is C12H26O2. The average Bonchev–Trinajstić information content (AvgIpc) is 2.13. The molecule has 0 bridgehead atoms. The van der Waals surface area contributed by atoms with Crippen molar-refractivity contribution < 1.29 is 9.47 Å². The first-order chi connectivity index (χ1) is 6.65. The van der Waals surface area contributed by atoms with Crippen molar-refractivity contribution in [3.05, 3.63) is 0 Å². The van der Waals surface area contributed by atoms with Gasteiger partial charge in [-0.3, -0.25) is 0 Å². The second kappa shape index (κ2) is 8.25. The predicted octanol–water partition coefficient (Wildman–Crippen LogP) is 2.97. The zero-order valence-corrected chi connectivity index (χ0v) is 10.4. The number of rotatable bonds is 8. The first-order valence-corrected chi connectivity index (χ1v) is 5.63. The van der Waals surface area contributed by atoms with Crippen molar-refractivity contribution in [1.29, 1.82) is 0 Å². The summed E-state index contributed by atoms with van der Waals surface area (Å²) in [6.45, 7) is 8.48. The Balaban J connectivity index is 4.11. The standard InChI is InChI=1S/C12H26O2/c1-6-11(8-13-4)12(9-14-5)7-10(2)3/h10-12H,6-9H2,1-5H3. The average molecular weight is 202 g/mol. The van der Waals surface area contributed by atoms with Crippen molar-refractivity contribution in [2.75, 3.05) is 27.4 Å². The van der Waals surface area contributed by atoms with Gasteiger partial charge >= 0.3 is 0 Å². The van der Waals surface area contributed by atoms with Gasteiger partial charge in [0.05, 0.1) is 0 Å². The van der Waals surface area contributed by atoms with Crippen LogP contribution < -0.4 is 0 Å². The third-order valence-electron chi connectivity index (χ3n) is 2.73. The third-order valence-corrected chi connectivity index (χ3v) is 2.73. The second-order valence-electron chi connectivity index (χ2n) is 4.47. The van der Waals surface area contributed by atoms with Crippen molar-refractivity contribution in [3.8, 4) is 0 Å². The van der Waals surface area contributed by atoms with E-state index < -0.39 is 0 Å². The number of hydrogen-bond acceptors (Lipinski definition) is 2. The molecule has 86 valence electrons. The minimum atomic E-state index is 0.641. The van der Waals surface area contributed by atoms with E-state index in [0.29, 0.717) is 11.8 Å². The predicted molar refractivity (Wildman–Crippen MR) is 60.5 cm³/mol. The fraction of sp³-hybridized carbons (Fsp3) is 1.00. The summed E-state index contributed by atoms with van der Waals surface area (Å²) >= 11 is 0. The van der Waals surface area contributed by atoms with Crippen LogP contribution in [0.25, 0.3) is 0 Å². The van der Waals surface area contributed by atoms with Gasteiger partial charge in [0.15, 0.2) is 0 Å². The van der Waals surface area contributed by atoms with E-state index in [9.17, 15) is 0 Å². The molecule has 0 aromatic heterocycles. The number of hydrogen-bond donors (Lipinski definition) is 0. The molecule has 0 rings (SSSR count). The summed E-state index contributed by atoms with van der Waals surface area (Å²) < 4.78 is 10.5. The monoisotopic (exact) mass is 202 g/mol. The number of ether oxygens (including phenoxy) is 2. The normalized spacial score (nSPS) is 15.9. The Morgan fingerprint density at radius 1 is 0.929 bits per heavy atom. The van der Waals surface area contributed by atoms with Gasteiger partial charge in [-0.15, -0.1) is 0 Å². The molecule has 2 heteroatoms. The van der Waals surface area contributed by atoms with Crippen molar-refractivity contribution in [2.45, 2.75) is 33.6 Å². The molecule has 0 heterocycles. The van der Waals surface area contributed by atoms with Gasteiger partial charge in [-0.2, -0.15) is 0 Å². The fourth-order valence-electron chi connectivity index (χ4n) is 2.02. The van der Waals surface area contributed by atoms with Gasteiger partial charge in [-0.25, -0.2) is 0 Å². The molecule has 2 atom stereocenters. The maximum atomic E-state index is 5.28. The Kier molecular flexibility index (Phi) is 8.20. The maximum Gasteiger partial charge on any atom is 0.0494 e. The van der Waals surface area contributed by atoms with E-state index >= 15 is 0 Å². The van der Waals surface area contributed by atoms with Crippen molar-refractivity contribution in [3.63, 3.8) is 0 Å². The largest absolute Gasteiger partial charge is 0.384 e. The summed E-state index contributed by atoms with van der Waals surface area (Å²) in [4.78, 5) is 0. The summed E-state index contributed by atoms with van der Waals surface area (Å²) in [6, 6.07) is 0. The first kappa shape index (κ1) is 13.9. The minimum Gasteiger partial charge on any atom is -0.384 e. The molecule has 2 unspecified atom stereocenters. The molecule has 0 amide bonds. The van der Waals surface area contributed by atoms with Crippen LogP contribution in [0.15, 0.2) is 0 Å². The van der Waals surface area contributed by atoms with Gasteiger partial charge in [0, 0.05) is 27.4 Å². The van der Waals surface area contributed by atoms with Gasteiger partial charge in [-0.1, -0.05) is 27.2 Å². The number of methoxy groups -OCH3 is 2. The molecule has 0 aliphatic rings. The molecule has 0 aromatic carbocycles. The highest BCUT2D eigenvalue weighted by Gasteiger charge is 2.20. The van der Waals surface area contributed by atoms with E-state index in [1.165, 1.54) is 12.8 Å². The Hall–Kier alpha value is -0.0800. The Morgan fingerprint density at radius 3 is 1.79 bits per heavy atom. The second-order valence-corrected chi connectivity index (χ2v) is 4.47. The molecule has 0 aliphatic carbocycles. The molecule has 2 nitrogen and oxygen atoms in total. The van der Waals surface area contributed by atoms with Crippen LogP contribution in [-0.4, -0.2) is 27.4 Å². The van der Waals surface area contributed by atoms with Crippen LogP contribution in [0.3, 0.4) is 0 Å². The van der Waals surface area contributed by atoms with E-state index in [1.54, 1.807) is 14.2 Å². The van der Waals surface area contributed by atoms with Crippen molar-refractivity contribution >= 4 is 0 Å². The lowest BCUT2D eigenvalue weighted by molar-refractivity contribution is 0.0582. The smallest absolute Gasteiger partial charge is 0.0494 e. The summed E-state index contributed by atoms with van der Waals surface area (Å²) in [5, 5.41) is 0. The van der Waals surface area contributed by atoms with E-state index in [-0.39, 0.29) is 0 Å². The van der Waals surface area contributed by atoms with Crippen LogP contribution >= 0.6 is 0 Å². The molecular weight excluding hydrogens is 176 g/mol. The summed E-state index contributed by atoms with van der Waals surface area (Å²) in [6.07, 6.45) is 2.41. The minimum absolute atomic E-state index is 0.641. The van der Waals surface area contributed by atoms with Crippen LogP contribution in [0.5, 0.6) is 0 Å². The highest BCUT2D eigenvalue weighted by Crippen LogP contribution is 2.23. The molecule has 0 aromatic rings. The van der Waals surface area contributed by atoms with E-state index in [4.69, 9.17) is 9.47 Å². The first-order valence-electron chi connectivity index (χ1n) is 5.63. The van der Waals surface area contributed by atoms with Gasteiger partial charge < -0.3 is 9.47 Å². The topological polar surface area (TPSA) is 18.5 Å². The molecule has 0 fully saturated rings. The lowest BCUT2D eigenvalue weighted by Crippen LogP contribution is -2.24. The molecule has 0 spiro atoms. The zero-order chi connectivity index (χ0) is 11.0. The van der Waals surface area contributed by atoms with Gasteiger partial charge in [0.2, 0.25) is 0 Å². The fourth-order valence-corrected chi connectivity index (χ4v) is 2.02. The molecule has 0 radical (unpaired) electrons. The van der Waals surface area contributed by atoms with E-state index in [1.807, 2.05) is 0 Å². The highest BCUT2D eigenvalue weighted by molar-refractivity contribution is 4.70. The van der Waals surface area contributed by atoms with Gasteiger partial charge in [-0.05, 0) is 24.2 Å². The van der Waals surface area contributed by atoms with Crippen LogP contribution in [0, 0.1) is 17.8 Å². The Labute approximate surface area is 89.0 Å². The van der Waals surface area contributed by atoms with Crippen LogP contribution in [0.2, 0.25) is 0 Å². The highest BCUT2D eigenvalue weighted by atomic mass is 16.5. The van der Waals surface area contributed by atoms with Crippen LogP contribution in [0.4, 0.5) is 0 Å². The maximum absolute atomic E-state index is 5.28. The summed E-state index contributed by atoms with van der Waals surface area (Å²) in [5.41, 5.74) is 0. The van der Waals surface area contributed by atoms with Gasteiger partial charge in [0.1, 0.15) is 0 Å². The third kappa shape index (κ3) is 5.61. The van der Waals surface area contributed by atoms with Gasteiger partial charge in [0.25, 0.3) is 0 Å². The quantitative estimate of drug-likeness (QED) is 0.602. The lowest BCUT2D eigenvalue weighted by atomic mass is 9.85. The van der Waals surface area contributed by atoms with E-state index in [2.05, 4.69) is 20.8 Å². The molecule has 0 saturated carbocycles. The summed E-state index contributed by atoms with van der Waals surface area (Å²) in [7, 11) is 3.56. The summed E-state index contributed by atoms with van der Waals surface area (Å²) in [5.74, 6) is 2.02. The van der Waals surface area contributed by atoms with E-state index in [0.717, 1.165) is 19.1 Å². The van der Waals surface area contributed by atoms with Crippen LogP contribution in [-0.2, 0) is 9.47 Å². The molecule has 0 saturated heterocycles. The Morgan fingerprint density at radius 2 is 1.43 bits per heavy atom. The van der Waals surface area contributed by atoms with Crippen LogP contribution in [0.1, 0.15) is 33.6 Å². The van der Waals surface area contributed by atoms with Crippen molar-refractivity contribution in [2.24, 2.45) is 17.8 Å². The lowest BCUT2D eigenvalue weighted by Gasteiger charge is -2.26. The molecule has 0 aliphatic heterocycles.